The Bertz CT molecular complexity index is 342. The van der Waals surface area contributed by atoms with Crippen LogP contribution < -0.4 is 10.6 Å². The van der Waals surface area contributed by atoms with Crippen LogP contribution in [-0.4, -0.2) is 60.6 Å². The molecule has 3 aliphatic rings. The van der Waals surface area contributed by atoms with Crippen molar-refractivity contribution < 1.29 is 0 Å². The van der Waals surface area contributed by atoms with E-state index in [1.54, 1.807) is 0 Å². The first-order valence-electron chi connectivity index (χ1n) is 8.12. The molecule has 4 nitrogen and oxygen atoms in total. The van der Waals surface area contributed by atoms with Crippen molar-refractivity contribution in [3.8, 4) is 0 Å². The van der Waals surface area contributed by atoms with E-state index < -0.39 is 0 Å². The number of hydrogen-bond acceptors (Lipinski definition) is 3. The first-order chi connectivity index (χ1) is 9.82. The molecule has 3 fully saturated rings. The maximum atomic E-state index is 4.38. The lowest BCUT2D eigenvalue weighted by Crippen LogP contribution is -2.57. The average Bonchev–Trinajstić information content (AvgIpc) is 3.19. The fourth-order valence-corrected chi connectivity index (χ4v) is 4.44. The van der Waals surface area contributed by atoms with Gasteiger partial charge in [0.25, 0.3) is 0 Å². The minimum atomic E-state index is 0.391. The van der Waals surface area contributed by atoms with Gasteiger partial charge in [-0.1, -0.05) is 12.8 Å². The van der Waals surface area contributed by atoms with Crippen LogP contribution in [0.2, 0.25) is 0 Å². The van der Waals surface area contributed by atoms with Gasteiger partial charge in [0.05, 0.1) is 0 Å². The molecule has 1 heterocycles. The van der Waals surface area contributed by atoms with Crippen LogP contribution in [0.15, 0.2) is 4.99 Å². The molecule has 2 N–H and O–H groups in total. The Kier molecular flexibility index (Phi) is 4.76. The number of hydrogen-bond donors (Lipinski definition) is 2. The van der Waals surface area contributed by atoms with Gasteiger partial charge in [-0.3, -0.25) is 9.89 Å². The Morgan fingerprint density at radius 3 is 2.55 bits per heavy atom. The van der Waals surface area contributed by atoms with E-state index in [4.69, 9.17) is 0 Å². The Labute approximate surface area is 127 Å². The fraction of sp³-hybridized carbons (Fsp3) is 0.933. The first kappa shape index (κ1) is 14.5. The summed E-state index contributed by atoms with van der Waals surface area (Å²) >= 11 is 2.10. The van der Waals surface area contributed by atoms with Gasteiger partial charge < -0.3 is 10.6 Å². The van der Waals surface area contributed by atoms with E-state index in [9.17, 15) is 0 Å². The third kappa shape index (κ3) is 3.42. The van der Waals surface area contributed by atoms with Gasteiger partial charge in [0.15, 0.2) is 5.96 Å². The summed E-state index contributed by atoms with van der Waals surface area (Å²) in [5, 5.41) is 7.11. The normalized spacial score (nSPS) is 27.6. The lowest BCUT2D eigenvalue weighted by atomic mass is 9.94. The number of rotatable bonds is 4. The van der Waals surface area contributed by atoms with E-state index in [-0.39, 0.29) is 0 Å². The Morgan fingerprint density at radius 2 is 1.95 bits per heavy atom. The van der Waals surface area contributed by atoms with Crippen LogP contribution in [0, 0.1) is 0 Å². The molecule has 2 aliphatic carbocycles. The topological polar surface area (TPSA) is 39.7 Å². The second kappa shape index (κ2) is 6.56. The molecule has 0 atom stereocenters. The third-order valence-corrected chi connectivity index (χ3v) is 5.89. The molecule has 0 radical (unpaired) electrons. The molecular weight excluding hydrogens is 268 g/mol. The highest BCUT2D eigenvalue weighted by molar-refractivity contribution is 7.99. The van der Waals surface area contributed by atoms with Gasteiger partial charge >= 0.3 is 0 Å². The summed E-state index contributed by atoms with van der Waals surface area (Å²) in [6.07, 6.45) is 8.08. The highest BCUT2D eigenvalue weighted by atomic mass is 32.2. The average molecular weight is 296 g/mol. The molecule has 5 heteroatoms. The van der Waals surface area contributed by atoms with Gasteiger partial charge in [0.2, 0.25) is 0 Å². The quantitative estimate of drug-likeness (QED) is 0.612. The van der Waals surface area contributed by atoms with Gasteiger partial charge in [-0.25, -0.2) is 0 Å². The molecule has 114 valence electrons. The summed E-state index contributed by atoms with van der Waals surface area (Å²) in [6.45, 7) is 3.59. The number of guanidine groups is 1. The molecule has 0 spiro atoms. The van der Waals surface area contributed by atoms with Crippen LogP contribution in [0.3, 0.4) is 0 Å². The number of nitrogens with one attached hydrogen (secondary N) is 2. The predicted molar refractivity (Wildman–Crippen MR) is 87.6 cm³/mol. The van der Waals surface area contributed by atoms with Gasteiger partial charge in [-0.05, 0) is 25.7 Å². The van der Waals surface area contributed by atoms with E-state index in [0.29, 0.717) is 11.6 Å². The highest BCUT2D eigenvalue weighted by Gasteiger charge is 2.40. The highest BCUT2D eigenvalue weighted by Crippen LogP contribution is 2.36. The van der Waals surface area contributed by atoms with E-state index in [2.05, 4.69) is 32.3 Å². The van der Waals surface area contributed by atoms with Crippen molar-refractivity contribution in [1.29, 1.82) is 0 Å². The number of nitrogens with zero attached hydrogens (tertiary/aromatic N) is 2. The molecule has 0 unspecified atom stereocenters. The SMILES string of the molecule is CN=C(NCC1(N2CCSCC2)CCCC1)NC1CC1. The van der Waals surface area contributed by atoms with E-state index in [1.807, 2.05) is 7.05 Å². The van der Waals surface area contributed by atoms with Crippen molar-refractivity contribution in [2.24, 2.45) is 4.99 Å². The zero-order chi connectivity index (χ0) is 13.8. The number of aliphatic imine (C=N–C) groups is 1. The second-order valence-corrected chi connectivity index (χ2v) is 7.60. The van der Waals surface area contributed by atoms with Crippen molar-refractivity contribution in [2.75, 3.05) is 38.2 Å². The van der Waals surface area contributed by atoms with Crippen molar-refractivity contribution >= 4 is 17.7 Å². The van der Waals surface area contributed by atoms with Crippen LogP contribution in [-0.2, 0) is 0 Å². The fourth-order valence-electron chi connectivity index (χ4n) is 3.54. The van der Waals surface area contributed by atoms with Crippen LogP contribution in [0.4, 0.5) is 0 Å². The number of thioether (sulfide) groups is 1. The molecule has 20 heavy (non-hydrogen) atoms. The van der Waals surface area contributed by atoms with Crippen LogP contribution in [0.5, 0.6) is 0 Å². The summed E-state index contributed by atoms with van der Waals surface area (Å²) in [5.74, 6) is 3.61. The van der Waals surface area contributed by atoms with Crippen LogP contribution in [0.25, 0.3) is 0 Å². The van der Waals surface area contributed by atoms with E-state index in [0.717, 1.165) is 12.5 Å². The monoisotopic (exact) mass is 296 g/mol. The van der Waals surface area contributed by atoms with Gasteiger partial charge in [-0.15, -0.1) is 0 Å². The van der Waals surface area contributed by atoms with E-state index in [1.165, 1.54) is 63.1 Å². The molecular formula is C15H28N4S. The summed E-state index contributed by atoms with van der Waals surface area (Å²) in [6, 6.07) is 0.673. The molecule has 0 aromatic rings. The zero-order valence-electron chi connectivity index (χ0n) is 12.7. The smallest absolute Gasteiger partial charge is 0.191 e. The molecule has 2 saturated carbocycles. The second-order valence-electron chi connectivity index (χ2n) is 6.38. The van der Waals surface area contributed by atoms with Crippen LogP contribution >= 0.6 is 11.8 Å². The molecule has 1 aliphatic heterocycles. The molecule has 0 aromatic carbocycles. The zero-order valence-corrected chi connectivity index (χ0v) is 13.5. The standard InChI is InChI=1S/C15H28N4S/c1-16-14(18-13-4-5-13)17-12-15(6-2-3-7-15)19-8-10-20-11-9-19/h13H,2-12H2,1H3,(H2,16,17,18). The molecule has 1 saturated heterocycles. The molecule has 3 rings (SSSR count). The summed E-state index contributed by atoms with van der Waals surface area (Å²) in [5.41, 5.74) is 0.391. The van der Waals surface area contributed by atoms with Gasteiger partial charge in [0.1, 0.15) is 0 Å². The molecule has 0 aromatic heterocycles. The first-order valence-corrected chi connectivity index (χ1v) is 9.28. The Hall–Kier alpha value is -0.420. The lowest BCUT2D eigenvalue weighted by Gasteiger charge is -2.43. The third-order valence-electron chi connectivity index (χ3n) is 4.94. The minimum absolute atomic E-state index is 0.391. The largest absolute Gasteiger partial charge is 0.355 e. The minimum Gasteiger partial charge on any atom is -0.355 e. The Balaban J connectivity index is 1.58. The lowest BCUT2D eigenvalue weighted by molar-refractivity contribution is 0.107. The summed E-state index contributed by atoms with van der Waals surface area (Å²) in [4.78, 5) is 7.14. The van der Waals surface area contributed by atoms with Crippen molar-refractivity contribution in [2.45, 2.75) is 50.1 Å². The molecule has 0 bridgehead atoms. The summed E-state index contributed by atoms with van der Waals surface area (Å²) in [7, 11) is 1.89. The molecule has 0 amide bonds. The Morgan fingerprint density at radius 1 is 1.25 bits per heavy atom. The van der Waals surface area contributed by atoms with E-state index >= 15 is 0 Å². The van der Waals surface area contributed by atoms with Crippen molar-refractivity contribution in [3.05, 3.63) is 0 Å². The maximum absolute atomic E-state index is 4.38. The predicted octanol–water partition coefficient (Wildman–Crippen LogP) is 1.68. The summed E-state index contributed by atoms with van der Waals surface area (Å²) < 4.78 is 0. The van der Waals surface area contributed by atoms with Crippen molar-refractivity contribution in [3.63, 3.8) is 0 Å². The van der Waals surface area contributed by atoms with Gasteiger partial charge in [-0.2, -0.15) is 11.8 Å². The maximum Gasteiger partial charge on any atom is 0.191 e. The van der Waals surface area contributed by atoms with Crippen LogP contribution in [0.1, 0.15) is 38.5 Å². The van der Waals surface area contributed by atoms with Gasteiger partial charge in [0, 0.05) is 49.8 Å². The van der Waals surface area contributed by atoms with Crippen molar-refractivity contribution in [1.82, 2.24) is 15.5 Å².